The molecule has 0 aromatic heterocycles. The van der Waals surface area contributed by atoms with Crippen LogP contribution in [-0.2, 0) is 14.3 Å². The third-order valence-corrected chi connectivity index (χ3v) is 12.9. The zero-order chi connectivity index (χ0) is 46.5. The van der Waals surface area contributed by atoms with E-state index in [1.54, 1.807) is 0 Å². The second-order valence-corrected chi connectivity index (χ2v) is 19.3. The van der Waals surface area contributed by atoms with E-state index >= 15 is 0 Å². The van der Waals surface area contributed by atoms with Crippen molar-refractivity contribution in [2.75, 3.05) is 13.2 Å². The van der Waals surface area contributed by atoms with E-state index < -0.39 is 12.1 Å². The molecule has 0 heterocycles. The van der Waals surface area contributed by atoms with Crippen LogP contribution in [0, 0.1) is 0 Å². The van der Waals surface area contributed by atoms with E-state index in [1.165, 1.54) is 212 Å². The smallest absolute Gasteiger partial charge is 0.305 e. The summed E-state index contributed by atoms with van der Waals surface area (Å²) in [7, 11) is 0. The molecule has 1 amide bonds. The normalized spacial score (nSPS) is 12.9. The van der Waals surface area contributed by atoms with Crippen LogP contribution in [-0.4, -0.2) is 47.4 Å². The number of rotatable bonds is 52. The summed E-state index contributed by atoms with van der Waals surface area (Å²) in [6.45, 7) is 4.89. The second kappa shape index (κ2) is 53.7. The first kappa shape index (κ1) is 62.1. The van der Waals surface area contributed by atoms with Gasteiger partial charge in [0.2, 0.25) is 5.91 Å². The fourth-order valence-electron chi connectivity index (χ4n) is 8.53. The molecule has 0 radical (unpaired) electrons. The molecule has 6 heteroatoms. The first-order valence-corrected chi connectivity index (χ1v) is 28.2. The van der Waals surface area contributed by atoms with Crippen LogP contribution < -0.4 is 5.32 Å². The summed E-state index contributed by atoms with van der Waals surface area (Å²) >= 11 is 0. The molecule has 0 saturated carbocycles. The maximum atomic E-state index is 12.4. The zero-order valence-corrected chi connectivity index (χ0v) is 42.8. The third-order valence-electron chi connectivity index (χ3n) is 12.9. The lowest BCUT2D eigenvalue weighted by Gasteiger charge is -2.22. The minimum Gasteiger partial charge on any atom is -0.466 e. The average Bonchev–Trinajstić information content (AvgIpc) is 3.29. The maximum Gasteiger partial charge on any atom is 0.305 e. The van der Waals surface area contributed by atoms with Gasteiger partial charge in [-0.05, 0) is 77.0 Å². The molecule has 6 nitrogen and oxygen atoms in total. The second-order valence-electron chi connectivity index (χ2n) is 19.3. The van der Waals surface area contributed by atoms with E-state index in [9.17, 15) is 19.8 Å². The molecule has 0 aliphatic heterocycles. The van der Waals surface area contributed by atoms with Crippen LogP contribution in [0.3, 0.4) is 0 Å². The Morgan fingerprint density at radius 3 is 1.25 bits per heavy atom. The van der Waals surface area contributed by atoms with Crippen molar-refractivity contribution in [3.05, 3.63) is 36.5 Å². The van der Waals surface area contributed by atoms with Gasteiger partial charge in [0.25, 0.3) is 0 Å². The number of hydrogen-bond donors (Lipinski definition) is 3. The summed E-state index contributed by atoms with van der Waals surface area (Å²) in [6.07, 6.45) is 65.6. The number of nitrogens with one attached hydrogen (secondary N) is 1. The third kappa shape index (κ3) is 49.5. The molecular formula is C58H109NO5. The number of amides is 1. The number of hydrogen-bond acceptors (Lipinski definition) is 5. The van der Waals surface area contributed by atoms with Crippen LogP contribution >= 0.6 is 0 Å². The number of aliphatic hydroxyl groups is 2. The summed E-state index contributed by atoms with van der Waals surface area (Å²) in [5.74, 6) is -0.0505. The van der Waals surface area contributed by atoms with Crippen LogP contribution in [0.25, 0.3) is 0 Å². The van der Waals surface area contributed by atoms with Gasteiger partial charge in [0.05, 0.1) is 25.4 Å². The van der Waals surface area contributed by atoms with Gasteiger partial charge in [-0.15, -0.1) is 0 Å². The Kier molecular flexibility index (Phi) is 52.1. The van der Waals surface area contributed by atoms with Gasteiger partial charge in [0.1, 0.15) is 0 Å². The van der Waals surface area contributed by atoms with E-state index in [0.29, 0.717) is 25.9 Å². The van der Waals surface area contributed by atoms with Gasteiger partial charge in [-0.1, -0.05) is 243 Å². The number of ether oxygens (including phenoxy) is 1. The van der Waals surface area contributed by atoms with E-state index in [0.717, 1.165) is 51.4 Å². The molecule has 0 bridgehead atoms. The van der Waals surface area contributed by atoms with E-state index in [4.69, 9.17) is 4.74 Å². The first-order chi connectivity index (χ1) is 31.5. The molecule has 0 aliphatic carbocycles. The van der Waals surface area contributed by atoms with Gasteiger partial charge < -0.3 is 20.3 Å². The zero-order valence-electron chi connectivity index (χ0n) is 42.8. The van der Waals surface area contributed by atoms with Crippen molar-refractivity contribution in [3.8, 4) is 0 Å². The largest absolute Gasteiger partial charge is 0.466 e. The molecule has 0 saturated heterocycles. The lowest BCUT2D eigenvalue weighted by Crippen LogP contribution is -2.45. The lowest BCUT2D eigenvalue weighted by molar-refractivity contribution is -0.143. The standard InChI is InChI=1S/C58H109NO5/c1-3-5-7-9-11-13-15-17-28-32-36-40-44-48-52-58(63)64-53-49-45-41-37-33-29-26-24-22-20-18-19-21-23-25-27-31-35-39-43-47-51-57(62)59-55(54-60)56(61)50-46-42-38-34-30-16-14-12-10-8-6-4-2/h9,11,15,17,19,21,55-56,60-61H,3-8,10,12-14,16,18,20,22-54H2,1-2H3,(H,59,62)/b11-9-,17-15-,21-19-. The number of esters is 1. The molecular weight excluding hydrogens is 791 g/mol. The van der Waals surface area contributed by atoms with Crippen molar-refractivity contribution in [3.63, 3.8) is 0 Å². The summed E-state index contributed by atoms with van der Waals surface area (Å²) in [6, 6.07) is -0.546. The summed E-state index contributed by atoms with van der Waals surface area (Å²) in [5.41, 5.74) is 0. The molecule has 0 spiro atoms. The molecule has 376 valence electrons. The van der Waals surface area contributed by atoms with Crippen LogP contribution in [0.2, 0.25) is 0 Å². The molecule has 0 fully saturated rings. The molecule has 0 aromatic carbocycles. The van der Waals surface area contributed by atoms with Gasteiger partial charge in [-0.2, -0.15) is 0 Å². The molecule has 3 N–H and O–H groups in total. The highest BCUT2D eigenvalue weighted by molar-refractivity contribution is 5.76. The predicted octanol–water partition coefficient (Wildman–Crippen LogP) is 17.2. The number of allylic oxidation sites excluding steroid dienone is 6. The minimum absolute atomic E-state index is 0.00678. The minimum atomic E-state index is -0.668. The fraction of sp³-hybridized carbons (Fsp3) is 0.862. The van der Waals surface area contributed by atoms with Crippen molar-refractivity contribution < 1.29 is 24.5 Å². The van der Waals surface area contributed by atoms with E-state index in [-0.39, 0.29) is 18.5 Å². The molecule has 0 aliphatic rings. The van der Waals surface area contributed by atoms with Gasteiger partial charge >= 0.3 is 5.97 Å². The van der Waals surface area contributed by atoms with Crippen LogP contribution in [0.1, 0.15) is 296 Å². The van der Waals surface area contributed by atoms with Crippen molar-refractivity contribution in [1.82, 2.24) is 5.32 Å². The summed E-state index contributed by atoms with van der Waals surface area (Å²) in [5, 5.41) is 23.2. The quantitative estimate of drug-likeness (QED) is 0.0321. The summed E-state index contributed by atoms with van der Waals surface area (Å²) < 4.78 is 5.46. The maximum absolute atomic E-state index is 12.4. The van der Waals surface area contributed by atoms with E-state index in [2.05, 4.69) is 55.6 Å². The number of carbonyl (C=O) groups excluding carboxylic acids is 2. The average molecular weight is 901 g/mol. The SMILES string of the molecule is CCCC/C=C\C/C=C\CCCCCCCC(=O)OCCCCCCCCCCCC/C=C\CCCCCCCCCC(=O)NC(CO)C(O)CCCCCCCCCCCCCC. The molecule has 0 rings (SSSR count). The number of unbranched alkanes of at least 4 members (excludes halogenated alkanes) is 35. The van der Waals surface area contributed by atoms with Crippen molar-refractivity contribution in [1.29, 1.82) is 0 Å². The highest BCUT2D eigenvalue weighted by atomic mass is 16.5. The van der Waals surface area contributed by atoms with Crippen molar-refractivity contribution in [2.45, 2.75) is 309 Å². The Hall–Kier alpha value is -1.92. The van der Waals surface area contributed by atoms with Gasteiger partial charge in [-0.25, -0.2) is 0 Å². The predicted molar refractivity (Wildman–Crippen MR) is 278 cm³/mol. The highest BCUT2D eigenvalue weighted by Crippen LogP contribution is 2.16. The van der Waals surface area contributed by atoms with Crippen LogP contribution in [0.5, 0.6) is 0 Å². The fourth-order valence-corrected chi connectivity index (χ4v) is 8.53. The van der Waals surface area contributed by atoms with Crippen molar-refractivity contribution in [2.24, 2.45) is 0 Å². The van der Waals surface area contributed by atoms with Crippen LogP contribution in [0.15, 0.2) is 36.5 Å². The monoisotopic (exact) mass is 900 g/mol. The molecule has 2 atom stereocenters. The van der Waals surface area contributed by atoms with E-state index in [1.807, 2.05) is 0 Å². The molecule has 64 heavy (non-hydrogen) atoms. The van der Waals surface area contributed by atoms with Gasteiger partial charge in [-0.3, -0.25) is 9.59 Å². The van der Waals surface area contributed by atoms with Crippen molar-refractivity contribution >= 4 is 11.9 Å². The first-order valence-electron chi connectivity index (χ1n) is 28.2. The molecule has 2 unspecified atom stereocenters. The summed E-state index contributed by atoms with van der Waals surface area (Å²) in [4.78, 5) is 24.5. The van der Waals surface area contributed by atoms with Gasteiger partial charge in [0, 0.05) is 12.8 Å². The Balaban J connectivity index is 3.42. The lowest BCUT2D eigenvalue weighted by atomic mass is 10.0. The Morgan fingerprint density at radius 1 is 0.438 bits per heavy atom. The Morgan fingerprint density at radius 2 is 0.797 bits per heavy atom. The Labute approximate surface area is 398 Å². The molecule has 0 aromatic rings. The Bertz CT molecular complexity index is 1040. The number of carbonyl (C=O) groups is 2. The topological polar surface area (TPSA) is 95.9 Å². The number of aliphatic hydroxyl groups excluding tert-OH is 2. The highest BCUT2D eigenvalue weighted by Gasteiger charge is 2.20. The van der Waals surface area contributed by atoms with Gasteiger partial charge in [0.15, 0.2) is 0 Å². The van der Waals surface area contributed by atoms with Crippen LogP contribution in [0.4, 0.5) is 0 Å².